The minimum Gasteiger partial charge on any atom is -0.507 e. The molecule has 29 heavy (non-hydrogen) atoms. The van der Waals surface area contributed by atoms with E-state index in [1.165, 1.54) is 0 Å². The van der Waals surface area contributed by atoms with Gasteiger partial charge in [0.1, 0.15) is 23.0 Å². The monoisotopic (exact) mass is 443 g/mol. The van der Waals surface area contributed by atoms with Crippen LogP contribution in [0.25, 0.3) is 0 Å². The van der Waals surface area contributed by atoms with Gasteiger partial charge in [-0.3, -0.25) is 14.8 Å². The Hall–Kier alpha value is -3.03. The average Bonchev–Trinajstić information content (AvgIpc) is 2.66. The minimum absolute atomic E-state index is 0. The summed E-state index contributed by atoms with van der Waals surface area (Å²) in [6.45, 7) is 2.00. The molecule has 0 aliphatic heterocycles. The van der Waals surface area contributed by atoms with Crippen LogP contribution in [0.4, 0.5) is 0 Å². The number of ether oxygens (including phenoxy) is 2. The number of phenols is 2. The first-order valence-electron chi connectivity index (χ1n) is 8.30. The smallest absolute Gasteiger partial charge is 0.507 e. The Kier molecular flexibility index (Phi) is 12.6. The molecule has 0 aliphatic carbocycles. The fourth-order valence-corrected chi connectivity index (χ4v) is 1.97. The van der Waals surface area contributed by atoms with Crippen LogP contribution in [-0.4, -0.2) is 61.0 Å². The molecule has 0 spiro atoms. The first kappa shape index (κ1) is 26.0. The van der Waals surface area contributed by atoms with Crippen LogP contribution in [0.5, 0.6) is 23.0 Å². The van der Waals surface area contributed by atoms with Gasteiger partial charge in [0.25, 0.3) is 5.97 Å². The molecule has 8 nitrogen and oxygen atoms in total. The third kappa shape index (κ3) is 10.2. The van der Waals surface area contributed by atoms with E-state index in [9.17, 15) is 10.2 Å². The van der Waals surface area contributed by atoms with Gasteiger partial charge >= 0.3 is 17.1 Å². The van der Waals surface area contributed by atoms with E-state index in [2.05, 4.69) is 9.98 Å². The summed E-state index contributed by atoms with van der Waals surface area (Å²) in [5.74, 6) is 0.759. The molecule has 1 radical (unpaired) electrons. The number of aromatic hydroxyl groups is 2. The summed E-state index contributed by atoms with van der Waals surface area (Å²) in [4.78, 5) is 17.4. The molecule has 0 saturated heterocycles. The molecule has 3 N–H and O–H groups in total. The number of carboxylic acids is 1. The molecule has 0 unspecified atom stereocenters. The van der Waals surface area contributed by atoms with Crippen molar-refractivity contribution in [1.82, 2.24) is 0 Å². The zero-order valence-corrected chi connectivity index (χ0v) is 17.6. The summed E-state index contributed by atoms with van der Waals surface area (Å²) < 4.78 is 10.2. The maximum atomic E-state index is 9.75. The Morgan fingerprint density at radius 2 is 1.24 bits per heavy atom. The number of rotatable bonds is 7. The van der Waals surface area contributed by atoms with Gasteiger partial charge in [-0.1, -0.05) is 0 Å². The number of aliphatic carboxylic acids is 1. The van der Waals surface area contributed by atoms with Gasteiger partial charge in [-0.25, -0.2) is 0 Å². The molecule has 0 aliphatic rings. The zero-order chi connectivity index (χ0) is 20.9. The first-order valence-corrected chi connectivity index (χ1v) is 8.30. The van der Waals surface area contributed by atoms with Crippen molar-refractivity contribution in [3.8, 4) is 23.0 Å². The summed E-state index contributed by atoms with van der Waals surface area (Å²) in [6.07, 6.45) is 3.16. The predicted molar refractivity (Wildman–Crippen MR) is 108 cm³/mol. The maximum absolute atomic E-state index is 9.75. The quantitative estimate of drug-likeness (QED) is 0.344. The van der Waals surface area contributed by atoms with Gasteiger partial charge in [-0.15, -0.1) is 0 Å². The Labute approximate surface area is 180 Å². The summed E-state index contributed by atoms with van der Waals surface area (Å²) in [6, 6.07) is 9.88. The van der Waals surface area contributed by atoms with Gasteiger partial charge in [-0.2, -0.15) is 0 Å². The molecule has 0 saturated carbocycles. The predicted octanol–water partition coefficient (Wildman–Crippen LogP) is 2.74. The van der Waals surface area contributed by atoms with Gasteiger partial charge in [0.05, 0.1) is 27.3 Å². The molecular weight excluding hydrogens is 419 g/mol. The summed E-state index contributed by atoms with van der Waals surface area (Å²) in [7, 11) is 3.13. The Morgan fingerprint density at radius 1 is 0.897 bits per heavy atom. The topological polar surface area (TPSA) is 121 Å². The number of carboxylic acid groups (broad SMARTS) is 1. The van der Waals surface area contributed by atoms with Gasteiger partial charge in [0.2, 0.25) is 0 Å². The fraction of sp³-hybridized carbons (Fsp3) is 0.250. The third-order valence-electron chi connectivity index (χ3n) is 3.29. The van der Waals surface area contributed by atoms with Gasteiger partial charge in [0.15, 0.2) is 0 Å². The number of nitrogens with zero attached hydrogens (tertiary/aromatic N) is 2. The number of aliphatic imine (C=N–C) groups is 2. The third-order valence-corrected chi connectivity index (χ3v) is 3.29. The van der Waals surface area contributed by atoms with E-state index in [0.717, 1.165) is 6.92 Å². The van der Waals surface area contributed by atoms with E-state index in [1.807, 2.05) is 0 Å². The zero-order valence-electron chi connectivity index (χ0n) is 16.4. The van der Waals surface area contributed by atoms with E-state index in [1.54, 1.807) is 63.0 Å². The number of carbonyl (C=O) groups is 1. The van der Waals surface area contributed by atoms with Crippen LogP contribution < -0.4 is 9.47 Å². The van der Waals surface area contributed by atoms with Crippen LogP contribution in [0.15, 0.2) is 46.4 Å². The molecule has 0 heterocycles. The first-order chi connectivity index (χ1) is 13.4. The van der Waals surface area contributed by atoms with Crippen LogP contribution in [0.1, 0.15) is 18.1 Å². The Balaban J connectivity index is 0.00000143. The van der Waals surface area contributed by atoms with Crippen LogP contribution in [0, 0.1) is 0 Å². The summed E-state index contributed by atoms with van der Waals surface area (Å²) >= 11 is 0. The van der Waals surface area contributed by atoms with Crippen molar-refractivity contribution < 1.29 is 46.7 Å². The molecule has 155 valence electrons. The van der Waals surface area contributed by atoms with Gasteiger partial charge in [-0.05, 0) is 36.4 Å². The van der Waals surface area contributed by atoms with E-state index >= 15 is 0 Å². The largest absolute Gasteiger partial charge is 2.00 e. The number of benzene rings is 2. The Morgan fingerprint density at radius 3 is 1.55 bits per heavy atom. The number of phenolic OH excluding ortho intramolecular Hbond substituents is 2. The van der Waals surface area contributed by atoms with Crippen molar-refractivity contribution in [2.24, 2.45) is 9.98 Å². The molecule has 2 aromatic rings. The molecular formula is C20H24MnN2O6+2. The molecule has 2 rings (SSSR count). The van der Waals surface area contributed by atoms with Crippen molar-refractivity contribution in [2.45, 2.75) is 6.92 Å². The van der Waals surface area contributed by atoms with Gasteiger partial charge in [0, 0.05) is 30.5 Å². The Bertz CT molecular complexity index is 772. The fourth-order valence-electron chi connectivity index (χ4n) is 1.97. The van der Waals surface area contributed by atoms with Crippen LogP contribution in [-0.2, 0) is 21.9 Å². The van der Waals surface area contributed by atoms with Crippen LogP contribution >= 0.6 is 0 Å². The van der Waals surface area contributed by atoms with Gasteiger partial charge < -0.3 is 24.8 Å². The summed E-state index contributed by atoms with van der Waals surface area (Å²) in [5, 5.41) is 26.9. The van der Waals surface area contributed by atoms with Crippen molar-refractivity contribution >= 4 is 18.4 Å². The molecule has 2 aromatic carbocycles. The van der Waals surface area contributed by atoms with E-state index < -0.39 is 5.97 Å². The van der Waals surface area contributed by atoms with Crippen molar-refractivity contribution in [1.29, 1.82) is 0 Å². The summed E-state index contributed by atoms with van der Waals surface area (Å²) in [5.41, 5.74) is 1.17. The van der Waals surface area contributed by atoms with Crippen molar-refractivity contribution in [3.63, 3.8) is 0 Å². The molecule has 0 fully saturated rings. The second-order valence-corrected chi connectivity index (χ2v) is 5.44. The molecule has 0 atom stereocenters. The number of hydrogen-bond acceptors (Lipinski definition) is 7. The number of hydrogen-bond donors (Lipinski definition) is 3. The average molecular weight is 443 g/mol. The second kappa shape index (κ2) is 14.0. The second-order valence-electron chi connectivity index (χ2n) is 5.44. The molecule has 9 heteroatoms. The maximum Gasteiger partial charge on any atom is 2.00 e. The van der Waals surface area contributed by atoms with Crippen molar-refractivity contribution in [2.75, 3.05) is 27.3 Å². The van der Waals surface area contributed by atoms with Crippen LogP contribution in [0.2, 0.25) is 0 Å². The van der Waals surface area contributed by atoms with E-state index in [-0.39, 0.29) is 28.6 Å². The molecule has 0 bridgehead atoms. The normalized spacial score (nSPS) is 10.2. The molecule has 0 aromatic heterocycles. The number of methoxy groups -OCH3 is 2. The van der Waals surface area contributed by atoms with E-state index in [4.69, 9.17) is 19.4 Å². The standard InChI is InChI=1S/C18H20N2O4.C2H4O2.Mn/c1-23-15-3-5-17(21)13(9-15)11-19-7-8-20-12-14-10-16(24-2)4-6-18(14)22;1-2(3)4;/h3-6,9-12,21-22H,7-8H2,1-2H3;1H3,(H,3,4);/q;;+2. The molecule has 0 amide bonds. The minimum atomic E-state index is -0.833. The SMILES string of the molecule is CC(=O)O.COc1ccc(O)c(C=NCCN=Cc2cc(OC)ccc2O)c1.[Mn+2]. The van der Waals surface area contributed by atoms with Crippen molar-refractivity contribution in [3.05, 3.63) is 47.5 Å². The van der Waals surface area contributed by atoms with Crippen LogP contribution in [0.3, 0.4) is 0 Å². The van der Waals surface area contributed by atoms with E-state index in [0.29, 0.717) is 35.7 Å².